The Morgan fingerprint density at radius 1 is 1.39 bits per heavy atom. The second-order valence-electron chi connectivity index (χ2n) is 6.33. The fraction of sp³-hybridized carbons (Fsp3) is 0.846. The Balaban J connectivity index is 2.32. The molecule has 1 heterocycles. The molecule has 5 heteroatoms. The Kier molecular flexibility index (Phi) is 5.14. The zero-order valence-corrected chi connectivity index (χ0v) is 11.5. The quantitative estimate of drug-likeness (QED) is 0.658. The molecule has 0 aromatic rings. The van der Waals surface area contributed by atoms with Gasteiger partial charge in [-0.1, -0.05) is 20.8 Å². The van der Waals surface area contributed by atoms with Gasteiger partial charge in [0, 0.05) is 13.0 Å². The van der Waals surface area contributed by atoms with Gasteiger partial charge in [-0.3, -0.25) is 9.59 Å². The lowest BCUT2D eigenvalue weighted by Crippen LogP contribution is -2.45. The molecule has 1 aliphatic heterocycles. The Morgan fingerprint density at radius 2 is 2.00 bits per heavy atom. The number of amides is 1. The van der Waals surface area contributed by atoms with Gasteiger partial charge in [-0.05, 0) is 30.8 Å². The first kappa shape index (κ1) is 15.0. The van der Waals surface area contributed by atoms with Gasteiger partial charge >= 0.3 is 5.97 Å². The fourth-order valence-electron chi connectivity index (χ4n) is 2.05. The molecule has 1 saturated heterocycles. The number of carboxylic acid groups (broad SMARTS) is 1. The Hall–Kier alpha value is -1.10. The van der Waals surface area contributed by atoms with E-state index in [0.29, 0.717) is 18.8 Å². The Bertz CT molecular complexity index is 306. The molecule has 1 rings (SSSR count). The highest BCUT2D eigenvalue weighted by atomic mass is 16.4. The van der Waals surface area contributed by atoms with Gasteiger partial charge in [-0.25, -0.2) is 0 Å². The van der Waals surface area contributed by atoms with E-state index in [4.69, 9.17) is 5.11 Å². The molecule has 18 heavy (non-hydrogen) atoms. The summed E-state index contributed by atoms with van der Waals surface area (Å²) in [5, 5.41) is 15.0. The molecule has 104 valence electrons. The van der Waals surface area contributed by atoms with Crippen molar-refractivity contribution in [2.75, 3.05) is 19.6 Å². The molecule has 0 aromatic heterocycles. The normalized spacial score (nSPS) is 17.9. The highest BCUT2D eigenvalue weighted by molar-refractivity contribution is 5.77. The smallest absolute Gasteiger partial charge is 0.308 e. The number of hydrogen-bond donors (Lipinski definition) is 3. The maximum atomic E-state index is 11.6. The summed E-state index contributed by atoms with van der Waals surface area (Å²) in [7, 11) is 0. The summed E-state index contributed by atoms with van der Waals surface area (Å²) in [4.78, 5) is 22.7. The largest absolute Gasteiger partial charge is 0.481 e. The van der Waals surface area contributed by atoms with Crippen molar-refractivity contribution in [1.29, 1.82) is 0 Å². The first-order chi connectivity index (χ1) is 8.28. The van der Waals surface area contributed by atoms with Gasteiger partial charge in [0.25, 0.3) is 0 Å². The molecule has 1 fully saturated rings. The van der Waals surface area contributed by atoms with Crippen molar-refractivity contribution >= 4 is 11.9 Å². The predicted octanol–water partition coefficient (Wildman–Crippen LogP) is 0.849. The van der Waals surface area contributed by atoms with E-state index in [0.717, 1.165) is 13.1 Å². The SMILES string of the molecule is CC(C)(C)CC(CNC(=O)CC1CNC1)C(=O)O. The minimum Gasteiger partial charge on any atom is -0.481 e. The topological polar surface area (TPSA) is 78.4 Å². The molecular formula is C13H24N2O3. The molecule has 0 saturated carbocycles. The average molecular weight is 256 g/mol. The summed E-state index contributed by atoms with van der Waals surface area (Å²) < 4.78 is 0. The van der Waals surface area contributed by atoms with E-state index in [1.807, 2.05) is 20.8 Å². The maximum Gasteiger partial charge on any atom is 0.308 e. The van der Waals surface area contributed by atoms with Crippen LogP contribution in [-0.2, 0) is 9.59 Å². The van der Waals surface area contributed by atoms with Crippen LogP contribution in [0.15, 0.2) is 0 Å². The van der Waals surface area contributed by atoms with E-state index in [1.54, 1.807) is 0 Å². The third-order valence-corrected chi connectivity index (χ3v) is 3.09. The van der Waals surface area contributed by atoms with E-state index in [1.165, 1.54) is 0 Å². The van der Waals surface area contributed by atoms with Crippen LogP contribution < -0.4 is 10.6 Å². The van der Waals surface area contributed by atoms with Crippen LogP contribution >= 0.6 is 0 Å². The highest BCUT2D eigenvalue weighted by Gasteiger charge is 2.26. The standard InChI is InChI=1S/C13H24N2O3/c1-13(2,3)5-10(12(17)18)8-15-11(16)4-9-6-14-7-9/h9-10,14H,4-8H2,1-3H3,(H,15,16)(H,17,18). The second kappa shape index (κ2) is 6.18. The molecular weight excluding hydrogens is 232 g/mol. The second-order valence-corrected chi connectivity index (χ2v) is 6.33. The first-order valence-corrected chi connectivity index (χ1v) is 6.48. The van der Waals surface area contributed by atoms with Crippen LogP contribution in [0.1, 0.15) is 33.6 Å². The van der Waals surface area contributed by atoms with Crippen LogP contribution in [0.5, 0.6) is 0 Å². The molecule has 5 nitrogen and oxygen atoms in total. The van der Waals surface area contributed by atoms with Crippen molar-refractivity contribution in [3.05, 3.63) is 0 Å². The third kappa shape index (κ3) is 5.49. The van der Waals surface area contributed by atoms with E-state index >= 15 is 0 Å². The molecule has 0 aromatic carbocycles. The van der Waals surface area contributed by atoms with Gasteiger partial charge in [-0.15, -0.1) is 0 Å². The van der Waals surface area contributed by atoms with Crippen molar-refractivity contribution in [2.24, 2.45) is 17.3 Å². The van der Waals surface area contributed by atoms with Gasteiger partial charge in [0.05, 0.1) is 5.92 Å². The summed E-state index contributed by atoms with van der Waals surface area (Å²) in [5.74, 6) is -0.971. The number of carbonyl (C=O) groups excluding carboxylic acids is 1. The van der Waals surface area contributed by atoms with Crippen LogP contribution in [0.25, 0.3) is 0 Å². The first-order valence-electron chi connectivity index (χ1n) is 6.48. The van der Waals surface area contributed by atoms with Crippen LogP contribution in [0, 0.1) is 17.3 Å². The molecule has 0 aliphatic carbocycles. The summed E-state index contributed by atoms with van der Waals surface area (Å²) in [6, 6.07) is 0. The zero-order valence-electron chi connectivity index (χ0n) is 11.5. The molecule has 1 aliphatic rings. The number of nitrogens with one attached hydrogen (secondary N) is 2. The van der Waals surface area contributed by atoms with Crippen molar-refractivity contribution < 1.29 is 14.7 Å². The van der Waals surface area contributed by atoms with Gasteiger partial charge in [-0.2, -0.15) is 0 Å². The number of aliphatic carboxylic acids is 1. The van der Waals surface area contributed by atoms with Crippen LogP contribution in [0.4, 0.5) is 0 Å². The van der Waals surface area contributed by atoms with Crippen molar-refractivity contribution in [3.8, 4) is 0 Å². The van der Waals surface area contributed by atoms with Crippen molar-refractivity contribution in [2.45, 2.75) is 33.6 Å². The lowest BCUT2D eigenvalue weighted by molar-refractivity contribution is -0.142. The van der Waals surface area contributed by atoms with Gasteiger partial charge in [0.2, 0.25) is 5.91 Å². The third-order valence-electron chi connectivity index (χ3n) is 3.09. The minimum atomic E-state index is -0.837. The average Bonchev–Trinajstić information content (AvgIpc) is 2.16. The van der Waals surface area contributed by atoms with E-state index in [-0.39, 0.29) is 17.9 Å². The summed E-state index contributed by atoms with van der Waals surface area (Å²) in [6.07, 6.45) is 1.06. The zero-order chi connectivity index (χ0) is 13.8. The summed E-state index contributed by atoms with van der Waals surface area (Å²) >= 11 is 0. The van der Waals surface area contributed by atoms with E-state index in [9.17, 15) is 9.59 Å². The minimum absolute atomic E-state index is 0.0401. The molecule has 1 atom stereocenters. The number of carbonyl (C=O) groups is 2. The molecule has 0 bridgehead atoms. The predicted molar refractivity (Wildman–Crippen MR) is 69.2 cm³/mol. The lowest BCUT2D eigenvalue weighted by Gasteiger charge is -2.27. The summed E-state index contributed by atoms with van der Waals surface area (Å²) in [6.45, 7) is 8.02. The number of hydrogen-bond acceptors (Lipinski definition) is 3. The lowest BCUT2D eigenvalue weighted by atomic mass is 9.84. The summed E-state index contributed by atoms with van der Waals surface area (Å²) in [5.41, 5.74) is -0.0499. The molecule has 1 unspecified atom stereocenters. The number of rotatable bonds is 6. The van der Waals surface area contributed by atoms with Crippen molar-refractivity contribution in [3.63, 3.8) is 0 Å². The molecule has 0 radical (unpaired) electrons. The molecule has 1 amide bonds. The van der Waals surface area contributed by atoms with Gasteiger partial charge < -0.3 is 15.7 Å². The van der Waals surface area contributed by atoms with E-state index in [2.05, 4.69) is 10.6 Å². The fourth-order valence-corrected chi connectivity index (χ4v) is 2.05. The Labute approximate surface area is 108 Å². The Morgan fingerprint density at radius 3 is 2.39 bits per heavy atom. The van der Waals surface area contributed by atoms with Gasteiger partial charge in [0.1, 0.15) is 0 Å². The van der Waals surface area contributed by atoms with Crippen LogP contribution in [-0.4, -0.2) is 36.6 Å². The van der Waals surface area contributed by atoms with Crippen molar-refractivity contribution in [1.82, 2.24) is 10.6 Å². The van der Waals surface area contributed by atoms with Crippen LogP contribution in [0.3, 0.4) is 0 Å². The monoisotopic (exact) mass is 256 g/mol. The van der Waals surface area contributed by atoms with Gasteiger partial charge in [0.15, 0.2) is 0 Å². The molecule has 0 spiro atoms. The number of carboxylic acids is 1. The maximum absolute atomic E-state index is 11.6. The van der Waals surface area contributed by atoms with Crippen LogP contribution in [0.2, 0.25) is 0 Å². The molecule has 3 N–H and O–H groups in total. The van der Waals surface area contributed by atoms with E-state index < -0.39 is 11.9 Å². The highest BCUT2D eigenvalue weighted by Crippen LogP contribution is 2.24.